The summed E-state index contributed by atoms with van der Waals surface area (Å²) in [5, 5.41) is 3.39. The fourth-order valence-corrected chi connectivity index (χ4v) is 7.09. The first-order valence-electron chi connectivity index (χ1n) is 8.92. The van der Waals surface area contributed by atoms with Gasteiger partial charge in [0.05, 0.1) is 21.9 Å². The third kappa shape index (κ3) is 4.43. The maximum absolute atomic E-state index is 12.9. The molecule has 0 fully saturated rings. The van der Waals surface area contributed by atoms with Crippen LogP contribution in [-0.4, -0.2) is 13.4 Å². The maximum atomic E-state index is 12.9. The molecule has 0 unspecified atom stereocenters. The van der Waals surface area contributed by atoms with Crippen LogP contribution in [-0.2, 0) is 27.5 Å². The maximum Gasteiger partial charge on any atom is 0.416 e. The van der Waals surface area contributed by atoms with Gasteiger partial charge in [-0.15, -0.1) is 22.7 Å². The van der Waals surface area contributed by atoms with Crippen molar-refractivity contribution in [1.29, 1.82) is 0 Å². The van der Waals surface area contributed by atoms with E-state index in [4.69, 9.17) is 0 Å². The Morgan fingerprint density at radius 3 is 2.53 bits per heavy atom. The van der Waals surface area contributed by atoms with E-state index < -0.39 is 27.3 Å². The van der Waals surface area contributed by atoms with E-state index in [0.29, 0.717) is 5.01 Å². The van der Waals surface area contributed by atoms with Crippen molar-refractivity contribution >= 4 is 42.6 Å². The third-order valence-corrected chi connectivity index (χ3v) is 8.43. The number of halogens is 3. The zero-order valence-corrected chi connectivity index (χ0v) is 18.2. The lowest BCUT2D eigenvalue weighted by Crippen LogP contribution is -2.10. The Balaban J connectivity index is 1.55. The number of alkyl halides is 3. The molecule has 4 rings (SSSR count). The normalized spacial score (nSPS) is 12.5. The molecule has 0 aliphatic rings. The molecular formula is C21H16F3NO2S3. The Morgan fingerprint density at radius 1 is 1.03 bits per heavy atom. The minimum Gasteiger partial charge on any atom is -0.239 e. The third-order valence-electron chi connectivity index (χ3n) is 4.61. The largest absolute Gasteiger partial charge is 0.416 e. The topological polar surface area (TPSA) is 47.0 Å². The number of sulfone groups is 1. The number of nitrogens with zero attached hydrogens (tertiary/aromatic N) is 1. The summed E-state index contributed by atoms with van der Waals surface area (Å²) in [6, 6.07) is 12.4. The number of thiazole rings is 1. The predicted octanol–water partition coefficient (Wildman–Crippen LogP) is 6.47. The van der Waals surface area contributed by atoms with Gasteiger partial charge in [-0.2, -0.15) is 13.2 Å². The molecule has 0 radical (unpaired) electrons. The number of aromatic nitrogens is 1. The number of benzene rings is 2. The fraction of sp³-hybridized carbons (Fsp3) is 0.190. The van der Waals surface area contributed by atoms with Crippen molar-refractivity contribution < 1.29 is 21.6 Å². The van der Waals surface area contributed by atoms with E-state index in [0.717, 1.165) is 38.4 Å². The van der Waals surface area contributed by atoms with Crippen molar-refractivity contribution in [2.24, 2.45) is 0 Å². The van der Waals surface area contributed by atoms with Crippen molar-refractivity contribution in [2.75, 3.05) is 0 Å². The van der Waals surface area contributed by atoms with Crippen LogP contribution in [0.5, 0.6) is 0 Å². The predicted molar refractivity (Wildman–Crippen MR) is 115 cm³/mol. The van der Waals surface area contributed by atoms with Crippen LogP contribution in [0.1, 0.15) is 21.7 Å². The summed E-state index contributed by atoms with van der Waals surface area (Å²) in [6.07, 6.45) is -4.51. The lowest BCUT2D eigenvalue weighted by atomic mass is 10.1. The van der Waals surface area contributed by atoms with Crippen molar-refractivity contribution in [3.63, 3.8) is 0 Å². The second-order valence-electron chi connectivity index (χ2n) is 6.91. The smallest absolute Gasteiger partial charge is 0.239 e. The molecule has 0 saturated carbocycles. The summed E-state index contributed by atoms with van der Waals surface area (Å²) in [6.45, 7) is 2.01. The number of thiophene rings is 1. The van der Waals surface area contributed by atoms with E-state index in [1.165, 1.54) is 23.5 Å². The van der Waals surface area contributed by atoms with Gasteiger partial charge in [-0.1, -0.05) is 36.4 Å². The Labute approximate surface area is 179 Å². The van der Waals surface area contributed by atoms with Gasteiger partial charge in [0.15, 0.2) is 9.84 Å². The molecule has 0 aliphatic carbocycles. The second kappa shape index (κ2) is 7.79. The quantitative estimate of drug-likeness (QED) is 0.338. The van der Waals surface area contributed by atoms with E-state index in [9.17, 15) is 21.6 Å². The first-order chi connectivity index (χ1) is 14.1. The van der Waals surface area contributed by atoms with Gasteiger partial charge in [0.1, 0.15) is 10.8 Å². The minimum absolute atomic E-state index is 0.113. The lowest BCUT2D eigenvalue weighted by molar-refractivity contribution is -0.137. The molecule has 0 N–H and O–H groups in total. The van der Waals surface area contributed by atoms with Crippen LogP contribution in [0.25, 0.3) is 20.7 Å². The van der Waals surface area contributed by atoms with Crippen LogP contribution in [0.3, 0.4) is 0 Å². The summed E-state index contributed by atoms with van der Waals surface area (Å²) in [5.41, 5.74) is 1.08. The van der Waals surface area contributed by atoms with Crippen molar-refractivity contribution in [3.8, 4) is 10.6 Å². The summed E-state index contributed by atoms with van der Waals surface area (Å²) in [7, 11) is -3.67. The molecule has 0 amide bonds. The van der Waals surface area contributed by atoms with E-state index in [-0.39, 0.29) is 11.3 Å². The summed E-state index contributed by atoms with van der Waals surface area (Å²) in [5.74, 6) is -0.772. The van der Waals surface area contributed by atoms with E-state index >= 15 is 0 Å². The zero-order chi connectivity index (χ0) is 21.5. The highest BCUT2D eigenvalue weighted by molar-refractivity contribution is 7.89. The molecule has 3 nitrogen and oxygen atoms in total. The van der Waals surface area contributed by atoms with Crippen molar-refractivity contribution in [2.45, 2.75) is 24.6 Å². The van der Waals surface area contributed by atoms with Gasteiger partial charge < -0.3 is 0 Å². The van der Waals surface area contributed by atoms with E-state index in [1.54, 1.807) is 11.3 Å². The molecule has 2 aromatic heterocycles. The van der Waals surface area contributed by atoms with Crippen LogP contribution in [0.4, 0.5) is 13.2 Å². The molecule has 0 bridgehead atoms. The summed E-state index contributed by atoms with van der Waals surface area (Å²) in [4.78, 5) is 5.48. The number of aryl methyl sites for hydroxylation is 1. The van der Waals surface area contributed by atoms with Crippen LogP contribution in [0, 0.1) is 6.92 Å². The first kappa shape index (κ1) is 21.0. The van der Waals surface area contributed by atoms with Gasteiger partial charge in [-0.3, -0.25) is 0 Å². The van der Waals surface area contributed by atoms with Gasteiger partial charge in [0, 0.05) is 10.1 Å². The van der Waals surface area contributed by atoms with Gasteiger partial charge in [-0.25, -0.2) is 13.4 Å². The molecule has 4 aromatic rings. The van der Waals surface area contributed by atoms with Gasteiger partial charge in [0.2, 0.25) is 0 Å². The highest BCUT2D eigenvalue weighted by Gasteiger charge is 2.30. The van der Waals surface area contributed by atoms with Crippen LogP contribution >= 0.6 is 22.7 Å². The highest BCUT2D eigenvalue weighted by atomic mass is 32.2. The van der Waals surface area contributed by atoms with Crippen LogP contribution in [0.2, 0.25) is 0 Å². The molecule has 9 heteroatoms. The average molecular weight is 468 g/mol. The van der Waals surface area contributed by atoms with Crippen molar-refractivity contribution in [3.05, 3.63) is 75.6 Å². The molecule has 30 heavy (non-hydrogen) atoms. The molecule has 2 aromatic carbocycles. The Kier molecular flexibility index (Phi) is 5.46. The SMILES string of the molecule is Cc1c(-c2csc(CS(=O)(=O)Cc3cccc(C(F)(F)F)c3)n2)sc2ccccc12. The van der Waals surface area contributed by atoms with Crippen LogP contribution in [0.15, 0.2) is 53.9 Å². The molecule has 0 spiro atoms. The number of hydrogen-bond donors (Lipinski definition) is 0. The molecule has 0 aliphatic heterocycles. The number of rotatable bonds is 5. The highest BCUT2D eigenvalue weighted by Crippen LogP contribution is 2.38. The number of fused-ring (bicyclic) bond motifs is 1. The molecule has 0 atom stereocenters. The molecule has 2 heterocycles. The zero-order valence-electron chi connectivity index (χ0n) is 15.7. The van der Waals surface area contributed by atoms with Crippen molar-refractivity contribution in [1.82, 2.24) is 4.98 Å². The Bertz CT molecular complexity index is 1320. The van der Waals surface area contributed by atoms with Gasteiger partial charge >= 0.3 is 6.18 Å². The molecular weight excluding hydrogens is 451 g/mol. The standard InChI is InChI=1S/C21H16F3NO2S3/c1-13-16-7-2-3-8-18(16)29-20(13)17-10-28-19(25-17)12-30(26,27)11-14-5-4-6-15(9-14)21(22,23)24/h2-10H,11-12H2,1H3. The Hall–Kier alpha value is -2.23. The second-order valence-corrected chi connectivity index (χ2v) is 11.0. The van der Waals surface area contributed by atoms with Crippen LogP contribution < -0.4 is 0 Å². The van der Waals surface area contributed by atoms with Gasteiger partial charge in [-0.05, 0) is 35.6 Å². The molecule has 0 saturated heterocycles. The Morgan fingerprint density at radius 2 is 1.80 bits per heavy atom. The summed E-state index contributed by atoms with van der Waals surface area (Å²) < 4.78 is 64.9. The first-order valence-corrected chi connectivity index (χ1v) is 12.4. The van der Waals surface area contributed by atoms with Gasteiger partial charge in [0.25, 0.3) is 0 Å². The molecule has 156 valence electrons. The monoisotopic (exact) mass is 467 g/mol. The summed E-state index contributed by atoms with van der Waals surface area (Å²) >= 11 is 2.85. The lowest BCUT2D eigenvalue weighted by Gasteiger charge is -2.09. The average Bonchev–Trinajstić information content (AvgIpc) is 3.25. The minimum atomic E-state index is -4.51. The fourth-order valence-electron chi connectivity index (χ4n) is 3.23. The van der Waals surface area contributed by atoms with E-state index in [2.05, 4.69) is 4.98 Å². The number of hydrogen-bond acceptors (Lipinski definition) is 5. The van der Waals surface area contributed by atoms with E-state index in [1.807, 2.05) is 36.6 Å².